The van der Waals surface area contributed by atoms with Crippen molar-refractivity contribution in [2.24, 2.45) is 11.1 Å². The van der Waals surface area contributed by atoms with E-state index in [1.807, 2.05) is 60.7 Å². The summed E-state index contributed by atoms with van der Waals surface area (Å²) in [5, 5.41) is -0.0701. The minimum atomic E-state index is -0.923. The van der Waals surface area contributed by atoms with Crippen LogP contribution in [-0.2, 0) is 19.1 Å². The normalized spacial score (nSPS) is 26.0. The molecule has 2 aromatic carbocycles. The number of thioether (sulfide) groups is 1. The Morgan fingerprint density at radius 2 is 1.76 bits per heavy atom. The largest absolute Gasteiger partial charge is 0.452 e. The van der Waals surface area contributed by atoms with Crippen molar-refractivity contribution in [2.45, 2.75) is 17.5 Å². The number of hydrogen-bond donors (Lipinski definition) is 1. The number of amides is 1. The van der Waals surface area contributed by atoms with Crippen LogP contribution in [0.3, 0.4) is 0 Å². The SMILES string of the molecule is COCC1(C(=O)OC(c2ccccc2)c2ccccc2)CS[C@@H]2C(N)C(=O)N2C1. The molecule has 2 aliphatic rings. The molecule has 0 bridgehead atoms. The predicted molar refractivity (Wildman–Crippen MR) is 111 cm³/mol. The number of fused-ring (bicyclic) bond motifs is 1. The van der Waals surface area contributed by atoms with Gasteiger partial charge in [-0.1, -0.05) is 60.7 Å². The van der Waals surface area contributed by atoms with Crippen LogP contribution in [0.25, 0.3) is 0 Å². The topological polar surface area (TPSA) is 81.9 Å². The van der Waals surface area contributed by atoms with Crippen molar-refractivity contribution < 1.29 is 19.1 Å². The Hall–Kier alpha value is -2.35. The smallest absolute Gasteiger partial charge is 0.318 e. The van der Waals surface area contributed by atoms with Crippen LogP contribution in [0.1, 0.15) is 17.2 Å². The second kappa shape index (κ2) is 8.18. The summed E-state index contributed by atoms with van der Waals surface area (Å²) in [5.41, 5.74) is 6.75. The summed E-state index contributed by atoms with van der Waals surface area (Å²) in [5.74, 6) is 0.00686. The van der Waals surface area contributed by atoms with E-state index in [0.717, 1.165) is 11.1 Å². The first-order chi connectivity index (χ1) is 14.1. The number of benzene rings is 2. The van der Waals surface area contributed by atoms with Crippen LogP contribution >= 0.6 is 11.8 Å². The van der Waals surface area contributed by atoms with Crippen LogP contribution in [0.5, 0.6) is 0 Å². The average Bonchev–Trinajstić information content (AvgIpc) is 2.78. The first kappa shape index (κ1) is 19.9. The van der Waals surface area contributed by atoms with Gasteiger partial charge in [0.2, 0.25) is 5.91 Å². The lowest BCUT2D eigenvalue weighted by molar-refractivity contribution is -0.168. The molecule has 4 rings (SSSR count). The first-order valence-corrected chi connectivity index (χ1v) is 10.6. The number of carbonyl (C=O) groups excluding carboxylic acids is 2. The lowest BCUT2D eigenvalue weighted by atomic mass is 9.87. The van der Waals surface area contributed by atoms with Gasteiger partial charge in [0.1, 0.15) is 16.8 Å². The number of esters is 1. The van der Waals surface area contributed by atoms with Gasteiger partial charge >= 0.3 is 5.97 Å². The van der Waals surface area contributed by atoms with E-state index in [9.17, 15) is 9.59 Å². The fourth-order valence-electron chi connectivity index (χ4n) is 3.89. The van der Waals surface area contributed by atoms with Crippen molar-refractivity contribution in [1.29, 1.82) is 0 Å². The van der Waals surface area contributed by atoms with Crippen LogP contribution < -0.4 is 5.73 Å². The molecule has 6 nitrogen and oxygen atoms in total. The summed E-state index contributed by atoms with van der Waals surface area (Å²) >= 11 is 1.52. The van der Waals surface area contributed by atoms with Gasteiger partial charge in [-0.25, -0.2) is 0 Å². The van der Waals surface area contributed by atoms with E-state index in [2.05, 4.69) is 0 Å². The van der Waals surface area contributed by atoms with E-state index < -0.39 is 17.6 Å². The third-order valence-electron chi connectivity index (χ3n) is 5.47. The molecule has 2 aliphatic heterocycles. The third-order valence-corrected chi connectivity index (χ3v) is 7.08. The fraction of sp³-hybridized carbons (Fsp3) is 0.364. The van der Waals surface area contributed by atoms with Gasteiger partial charge in [-0.2, -0.15) is 0 Å². The van der Waals surface area contributed by atoms with Gasteiger partial charge in [0.05, 0.1) is 6.61 Å². The van der Waals surface area contributed by atoms with Gasteiger partial charge in [-0.05, 0) is 11.1 Å². The van der Waals surface area contributed by atoms with Gasteiger partial charge in [-0.15, -0.1) is 11.8 Å². The first-order valence-electron chi connectivity index (χ1n) is 9.53. The van der Waals surface area contributed by atoms with Crippen LogP contribution in [0.4, 0.5) is 0 Å². The lowest BCUT2D eigenvalue weighted by Crippen LogP contribution is -2.72. The van der Waals surface area contributed by atoms with Crippen molar-refractivity contribution in [3.05, 3.63) is 71.8 Å². The highest BCUT2D eigenvalue weighted by Gasteiger charge is 2.56. The van der Waals surface area contributed by atoms with Gasteiger partial charge in [0.15, 0.2) is 6.10 Å². The minimum absolute atomic E-state index is 0.0701. The van der Waals surface area contributed by atoms with Crippen LogP contribution in [0, 0.1) is 5.41 Å². The van der Waals surface area contributed by atoms with E-state index in [1.54, 1.807) is 12.0 Å². The Morgan fingerprint density at radius 1 is 1.17 bits per heavy atom. The molecule has 3 atom stereocenters. The van der Waals surface area contributed by atoms with Crippen molar-refractivity contribution in [2.75, 3.05) is 26.0 Å². The number of carbonyl (C=O) groups is 2. The van der Waals surface area contributed by atoms with Crippen LogP contribution in [0.2, 0.25) is 0 Å². The van der Waals surface area contributed by atoms with Gasteiger partial charge in [0.25, 0.3) is 0 Å². The zero-order chi connectivity index (χ0) is 20.4. The van der Waals surface area contributed by atoms with Crippen molar-refractivity contribution in [3.8, 4) is 0 Å². The number of nitrogens with two attached hydrogens (primary N) is 1. The zero-order valence-electron chi connectivity index (χ0n) is 16.2. The van der Waals surface area contributed by atoms with Crippen molar-refractivity contribution >= 4 is 23.6 Å². The molecule has 0 aromatic heterocycles. The van der Waals surface area contributed by atoms with Crippen LogP contribution in [-0.4, -0.2) is 54.2 Å². The summed E-state index contributed by atoms with van der Waals surface area (Å²) in [6.07, 6.45) is -0.532. The van der Waals surface area contributed by atoms with E-state index in [-0.39, 0.29) is 30.4 Å². The summed E-state index contributed by atoms with van der Waals surface area (Å²) in [7, 11) is 1.56. The number of hydrogen-bond acceptors (Lipinski definition) is 6. The molecular formula is C22H24N2O4S. The van der Waals surface area contributed by atoms with Crippen molar-refractivity contribution in [1.82, 2.24) is 4.90 Å². The van der Waals surface area contributed by atoms with E-state index in [0.29, 0.717) is 5.75 Å². The molecule has 2 saturated heterocycles. The molecule has 0 radical (unpaired) electrons. The van der Waals surface area contributed by atoms with E-state index in [1.165, 1.54) is 11.8 Å². The second-order valence-electron chi connectivity index (χ2n) is 7.51. The monoisotopic (exact) mass is 412 g/mol. The highest BCUT2D eigenvalue weighted by atomic mass is 32.2. The Labute approximate surface area is 174 Å². The fourth-order valence-corrected chi connectivity index (χ4v) is 5.36. The molecule has 2 fully saturated rings. The molecule has 7 heteroatoms. The molecule has 0 saturated carbocycles. The summed E-state index contributed by atoms with van der Waals surface area (Å²) in [6, 6.07) is 18.8. The maximum Gasteiger partial charge on any atom is 0.318 e. The molecular weight excluding hydrogens is 388 g/mol. The number of rotatable bonds is 6. The predicted octanol–water partition coefficient (Wildman–Crippen LogP) is 2.19. The average molecular weight is 413 g/mol. The highest BCUT2D eigenvalue weighted by Crippen LogP contribution is 2.43. The molecule has 2 heterocycles. The Balaban J connectivity index is 1.61. The Morgan fingerprint density at radius 3 is 2.31 bits per heavy atom. The summed E-state index contributed by atoms with van der Waals surface area (Å²) in [4.78, 5) is 27.3. The summed E-state index contributed by atoms with van der Waals surface area (Å²) in [6.45, 7) is 0.445. The van der Waals surface area contributed by atoms with Crippen molar-refractivity contribution in [3.63, 3.8) is 0 Å². The number of ether oxygens (including phenoxy) is 2. The number of β-lactam (4-membered cyclic amide) rings is 1. The number of methoxy groups -OCH3 is 1. The maximum absolute atomic E-state index is 13.4. The maximum atomic E-state index is 13.4. The molecule has 2 N–H and O–H groups in total. The number of nitrogens with zero attached hydrogens (tertiary/aromatic N) is 1. The Kier molecular flexibility index (Phi) is 5.63. The van der Waals surface area contributed by atoms with Gasteiger partial charge in [-0.3, -0.25) is 9.59 Å². The lowest BCUT2D eigenvalue weighted by Gasteiger charge is -2.53. The molecule has 2 aromatic rings. The van der Waals surface area contributed by atoms with Gasteiger partial charge < -0.3 is 20.1 Å². The third kappa shape index (κ3) is 3.66. The minimum Gasteiger partial charge on any atom is -0.452 e. The molecule has 0 aliphatic carbocycles. The second-order valence-corrected chi connectivity index (χ2v) is 8.62. The Bertz CT molecular complexity index is 839. The highest BCUT2D eigenvalue weighted by molar-refractivity contribution is 8.00. The van der Waals surface area contributed by atoms with Crippen LogP contribution in [0.15, 0.2) is 60.7 Å². The quantitative estimate of drug-likeness (QED) is 0.579. The molecule has 152 valence electrons. The van der Waals surface area contributed by atoms with E-state index >= 15 is 0 Å². The van der Waals surface area contributed by atoms with E-state index in [4.69, 9.17) is 15.2 Å². The zero-order valence-corrected chi connectivity index (χ0v) is 17.0. The molecule has 0 spiro atoms. The van der Waals surface area contributed by atoms with Gasteiger partial charge in [0, 0.05) is 19.4 Å². The molecule has 1 amide bonds. The molecule has 2 unspecified atom stereocenters. The standard InChI is InChI=1S/C22H24N2O4S/c1-27-13-22(12-24-19(25)17(23)20(24)29-14-22)21(26)28-18(15-8-4-2-5-9-15)16-10-6-3-7-11-16/h2-11,17-18,20H,12-14,23H2,1H3/t17?,20-,22?/m1/s1. The molecule has 29 heavy (non-hydrogen) atoms. The summed E-state index contributed by atoms with van der Waals surface area (Å²) < 4.78 is 11.5.